The van der Waals surface area contributed by atoms with Crippen molar-refractivity contribution < 1.29 is 14.4 Å². The topological polar surface area (TPSA) is 106 Å². The molecule has 38 heavy (non-hydrogen) atoms. The van der Waals surface area contributed by atoms with Crippen molar-refractivity contribution in [1.29, 1.82) is 5.26 Å². The fraction of sp³-hybridized carbons (Fsp3) is 0.467. The van der Waals surface area contributed by atoms with Gasteiger partial charge in [0.1, 0.15) is 12.1 Å². The van der Waals surface area contributed by atoms with Gasteiger partial charge in [0, 0.05) is 31.7 Å². The number of carbonyl (C=O) groups is 3. The number of anilines is 1. The van der Waals surface area contributed by atoms with E-state index in [2.05, 4.69) is 28.8 Å². The van der Waals surface area contributed by atoms with Crippen LogP contribution in [0.2, 0.25) is 0 Å². The third-order valence-corrected chi connectivity index (χ3v) is 8.36. The fourth-order valence-corrected chi connectivity index (χ4v) is 6.33. The van der Waals surface area contributed by atoms with Gasteiger partial charge in [-0.3, -0.25) is 19.7 Å². The molecule has 2 N–H and O–H groups in total. The summed E-state index contributed by atoms with van der Waals surface area (Å²) in [6.45, 7) is 4.17. The van der Waals surface area contributed by atoms with E-state index in [4.69, 9.17) is 0 Å². The van der Waals surface area contributed by atoms with Crippen LogP contribution in [0.5, 0.6) is 0 Å². The number of hydrogen-bond donors (Lipinski definition) is 2. The number of nitriles is 1. The first-order chi connectivity index (χ1) is 18.2. The number of nitrogens with zero attached hydrogens (tertiary/aromatic N) is 3. The van der Waals surface area contributed by atoms with E-state index >= 15 is 0 Å². The van der Waals surface area contributed by atoms with Crippen LogP contribution in [0.1, 0.15) is 56.7 Å². The smallest absolute Gasteiger partial charge is 0.246 e. The predicted molar refractivity (Wildman–Crippen MR) is 144 cm³/mol. The second-order valence-corrected chi connectivity index (χ2v) is 11.3. The zero-order valence-electron chi connectivity index (χ0n) is 22.2. The van der Waals surface area contributed by atoms with Crippen molar-refractivity contribution in [3.8, 4) is 6.07 Å². The number of para-hydroxylation sites is 1. The first kappa shape index (κ1) is 25.9. The number of amides is 3. The van der Waals surface area contributed by atoms with Crippen molar-refractivity contribution >= 4 is 23.4 Å². The molecule has 2 aromatic carbocycles. The number of likely N-dealkylation sites (N-methyl/N-ethyl adjacent to an activating group) is 1. The molecular weight excluding hydrogens is 478 g/mol. The molecule has 2 aromatic rings. The summed E-state index contributed by atoms with van der Waals surface area (Å²) >= 11 is 0. The van der Waals surface area contributed by atoms with Gasteiger partial charge in [0.05, 0.1) is 17.5 Å². The minimum atomic E-state index is -0.951. The Hall–Kier alpha value is -3.70. The molecule has 3 aliphatic heterocycles. The van der Waals surface area contributed by atoms with Crippen LogP contribution >= 0.6 is 0 Å². The Morgan fingerprint density at radius 3 is 2.55 bits per heavy atom. The molecule has 8 heteroatoms. The molecule has 0 unspecified atom stereocenters. The van der Waals surface area contributed by atoms with Crippen molar-refractivity contribution in [2.24, 2.45) is 5.92 Å². The average molecular weight is 514 g/mol. The Bertz CT molecular complexity index is 1270. The molecule has 198 valence electrons. The Labute approximate surface area is 224 Å². The lowest BCUT2D eigenvalue weighted by atomic mass is 9.80. The van der Waals surface area contributed by atoms with Crippen molar-refractivity contribution in [1.82, 2.24) is 15.1 Å². The van der Waals surface area contributed by atoms with Gasteiger partial charge in [0.25, 0.3) is 0 Å². The number of carbonyl (C=O) groups excluding carboxylic acids is 3. The third-order valence-electron chi connectivity index (χ3n) is 8.36. The van der Waals surface area contributed by atoms with E-state index in [0.717, 1.165) is 23.2 Å². The van der Waals surface area contributed by atoms with Crippen LogP contribution in [0.3, 0.4) is 0 Å². The number of likely N-dealkylation sites (tertiary alicyclic amines) is 1. The van der Waals surface area contributed by atoms with Crippen molar-refractivity contribution in [2.75, 3.05) is 18.9 Å². The van der Waals surface area contributed by atoms with Crippen LogP contribution in [-0.2, 0) is 19.8 Å². The normalized spacial score (nSPS) is 26.8. The summed E-state index contributed by atoms with van der Waals surface area (Å²) < 4.78 is 0. The van der Waals surface area contributed by atoms with E-state index in [-0.39, 0.29) is 48.7 Å². The highest BCUT2D eigenvalue weighted by atomic mass is 16.2. The molecule has 5 atom stereocenters. The van der Waals surface area contributed by atoms with Gasteiger partial charge in [-0.15, -0.1) is 0 Å². The molecule has 0 aromatic heterocycles. The molecule has 8 nitrogen and oxygen atoms in total. The standard InChI is InChI=1S/C30H35N5O3/c1-19(2)15-26(34(3)27(36)25-14-13-23(32-25)20-9-5-4-6-10-20)28(37)35-18-30(16-21(35)17-31)22-11-7-8-12-24(22)33-29(30)38/h4-12,19,21,23,25-26,32H,13-16,18H2,1-3H3,(H,33,38)/t21-,23-,25-,26-,30-/m0/s1. The summed E-state index contributed by atoms with van der Waals surface area (Å²) in [5.41, 5.74) is 1.75. The minimum absolute atomic E-state index is 0.0974. The van der Waals surface area contributed by atoms with Gasteiger partial charge in [-0.25, -0.2) is 0 Å². The summed E-state index contributed by atoms with van der Waals surface area (Å²) in [4.78, 5) is 44.0. The molecule has 0 bridgehead atoms. The van der Waals surface area contributed by atoms with E-state index in [1.54, 1.807) is 11.9 Å². The Balaban J connectivity index is 1.36. The molecule has 3 aliphatic rings. The molecule has 2 fully saturated rings. The van der Waals surface area contributed by atoms with E-state index in [1.165, 1.54) is 4.90 Å². The van der Waals surface area contributed by atoms with E-state index in [9.17, 15) is 19.6 Å². The van der Waals surface area contributed by atoms with Crippen LogP contribution in [0.25, 0.3) is 0 Å². The number of fused-ring (bicyclic) bond motifs is 2. The molecule has 5 rings (SSSR count). The van der Waals surface area contributed by atoms with Crippen LogP contribution < -0.4 is 10.6 Å². The van der Waals surface area contributed by atoms with Crippen LogP contribution in [0.15, 0.2) is 54.6 Å². The largest absolute Gasteiger partial charge is 0.332 e. The number of hydrogen-bond acceptors (Lipinski definition) is 5. The summed E-state index contributed by atoms with van der Waals surface area (Å²) in [7, 11) is 1.69. The van der Waals surface area contributed by atoms with Gasteiger partial charge in [-0.05, 0) is 42.4 Å². The minimum Gasteiger partial charge on any atom is -0.332 e. The first-order valence-corrected chi connectivity index (χ1v) is 13.4. The molecule has 2 saturated heterocycles. The zero-order valence-corrected chi connectivity index (χ0v) is 22.2. The van der Waals surface area contributed by atoms with Crippen molar-refractivity contribution in [3.63, 3.8) is 0 Å². The average Bonchev–Trinajstić information content (AvgIpc) is 3.64. The highest BCUT2D eigenvalue weighted by Gasteiger charge is 2.56. The lowest BCUT2D eigenvalue weighted by Gasteiger charge is -2.34. The summed E-state index contributed by atoms with van der Waals surface area (Å²) in [5.74, 6) is -0.414. The van der Waals surface area contributed by atoms with Gasteiger partial charge >= 0.3 is 0 Å². The lowest BCUT2D eigenvalue weighted by molar-refractivity contribution is -0.146. The first-order valence-electron chi connectivity index (χ1n) is 13.4. The predicted octanol–water partition coefficient (Wildman–Crippen LogP) is 3.37. The maximum Gasteiger partial charge on any atom is 0.246 e. The van der Waals surface area contributed by atoms with Gasteiger partial charge in [-0.1, -0.05) is 62.4 Å². The van der Waals surface area contributed by atoms with Gasteiger partial charge in [-0.2, -0.15) is 5.26 Å². The third kappa shape index (κ3) is 4.45. The molecular formula is C30H35N5O3. The van der Waals surface area contributed by atoms with Crippen molar-refractivity contribution in [2.45, 2.75) is 69.1 Å². The van der Waals surface area contributed by atoms with E-state index in [0.29, 0.717) is 12.8 Å². The highest BCUT2D eigenvalue weighted by Crippen LogP contribution is 2.46. The molecule has 0 radical (unpaired) electrons. The second kappa shape index (κ2) is 10.2. The Morgan fingerprint density at radius 2 is 1.84 bits per heavy atom. The molecule has 3 heterocycles. The summed E-state index contributed by atoms with van der Waals surface area (Å²) in [5, 5.41) is 16.4. The number of rotatable bonds is 6. The van der Waals surface area contributed by atoms with Gasteiger partial charge < -0.3 is 15.1 Å². The van der Waals surface area contributed by atoms with E-state index in [1.807, 2.05) is 56.3 Å². The highest BCUT2D eigenvalue weighted by molar-refractivity contribution is 6.07. The molecule has 3 amide bonds. The quantitative estimate of drug-likeness (QED) is 0.616. The van der Waals surface area contributed by atoms with Gasteiger partial charge in [0.15, 0.2) is 0 Å². The maximum atomic E-state index is 14.1. The monoisotopic (exact) mass is 513 g/mol. The zero-order chi connectivity index (χ0) is 27.0. The second-order valence-electron chi connectivity index (χ2n) is 11.3. The number of nitrogens with one attached hydrogen (secondary N) is 2. The molecule has 0 saturated carbocycles. The van der Waals surface area contributed by atoms with Crippen LogP contribution in [-0.4, -0.2) is 59.2 Å². The van der Waals surface area contributed by atoms with E-state index < -0.39 is 17.5 Å². The molecule has 1 spiro atoms. The lowest BCUT2D eigenvalue weighted by Crippen LogP contribution is -2.54. The Kier molecular flexibility index (Phi) is 6.97. The maximum absolute atomic E-state index is 14.1. The van der Waals surface area contributed by atoms with Crippen molar-refractivity contribution in [3.05, 3.63) is 65.7 Å². The molecule has 0 aliphatic carbocycles. The van der Waals surface area contributed by atoms with Crippen LogP contribution in [0, 0.1) is 17.2 Å². The van der Waals surface area contributed by atoms with Gasteiger partial charge in [0.2, 0.25) is 17.7 Å². The van der Waals surface area contributed by atoms with Crippen LogP contribution in [0.4, 0.5) is 5.69 Å². The Morgan fingerprint density at radius 1 is 1.13 bits per heavy atom. The number of benzene rings is 2. The summed E-state index contributed by atoms with van der Waals surface area (Å²) in [6, 6.07) is 18.1. The summed E-state index contributed by atoms with van der Waals surface area (Å²) in [6.07, 6.45) is 2.25. The fourth-order valence-electron chi connectivity index (χ4n) is 6.33. The SMILES string of the molecule is CC(C)C[C@@H](C(=O)N1C[C@]2(C[C@H]1C#N)C(=O)Nc1ccccc12)N(C)C(=O)[C@@H]1CC[C@@H](c2ccccc2)N1.